The monoisotopic (exact) mass is 286 g/mol. The van der Waals surface area contributed by atoms with Gasteiger partial charge in [0.15, 0.2) is 0 Å². The van der Waals surface area contributed by atoms with E-state index in [4.69, 9.17) is 10.00 Å². The largest absolute Gasteiger partial charge is 0.496 e. The summed E-state index contributed by atoms with van der Waals surface area (Å²) >= 11 is 0. The first-order valence-corrected chi connectivity index (χ1v) is 8.08. The van der Waals surface area contributed by atoms with Gasteiger partial charge in [0.2, 0.25) is 0 Å². The van der Waals surface area contributed by atoms with Crippen LogP contribution in [0.4, 0.5) is 0 Å². The van der Waals surface area contributed by atoms with E-state index in [1.807, 2.05) is 12.1 Å². The zero-order chi connectivity index (χ0) is 15.1. The van der Waals surface area contributed by atoms with Gasteiger partial charge in [0.25, 0.3) is 0 Å². The van der Waals surface area contributed by atoms with Crippen LogP contribution in [0.3, 0.4) is 0 Å². The van der Waals surface area contributed by atoms with E-state index in [0.29, 0.717) is 11.6 Å². The molecule has 0 aliphatic heterocycles. The van der Waals surface area contributed by atoms with Crippen molar-refractivity contribution in [2.45, 2.75) is 58.0 Å². The lowest BCUT2D eigenvalue weighted by atomic mass is 9.83. The number of rotatable bonds is 6. The summed E-state index contributed by atoms with van der Waals surface area (Å²) in [7, 11) is 1.68. The summed E-state index contributed by atoms with van der Waals surface area (Å²) in [5.41, 5.74) is 1.77. The van der Waals surface area contributed by atoms with Crippen LogP contribution in [0.1, 0.15) is 56.6 Å². The van der Waals surface area contributed by atoms with Crippen LogP contribution in [0.25, 0.3) is 0 Å². The zero-order valence-corrected chi connectivity index (χ0v) is 13.2. The van der Waals surface area contributed by atoms with Gasteiger partial charge in [0, 0.05) is 18.2 Å². The number of nitrogens with one attached hydrogen (secondary N) is 1. The maximum Gasteiger partial charge on any atom is 0.123 e. The molecule has 3 nitrogen and oxygen atoms in total. The van der Waals surface area contributed by atoms with Crippen molar-refractivity contribution in [1.29, 1.82) is 5.26 Å². The van der Waals surface area contributed by atoms with Crippen molar-refractivity contribution in [3.05, 3.63) is 29.3 Å². The number of nitriles is 1. The highest BCUT2D eigenvalue weighted by atomic mass is 16.5. The van der Waals surface area contributed by atoms with E-state index in [-0.39, 0.29) is 0 Å². The predicted octanol–water partition coefficient (Wildman–Crippen LogP) is 4.02. The highest BCUT2D eigenvalue weighted by Crippen LogP contribution is 2.28. The Hall–Kier alpha value is -1.53. The Labute approximate surface area is 128 Å². The highest BCUT2D eigenvalue weighted by Gasteiger charge is 2.22. The molecule has 1 aromatic rings. The standard InChI is InChI=1S/C18H26N2O/c1-3-17(15-7-5-4-6-8-15)20-13-16-11-14(12-19)9-10-18(16)21-2/h9-11,15,17,20H,3-8,13H2,1-2H3. The smallest absolute Gasteiger partial charge is 0.123 e. The average Bonchev–Trinajstić information content (AvgIpc) is 2.56. The maximum atomic E-state index is 9.04. The van der Waals surface area contributed by atoms with E-state index in [1.54, 1.807) is 13.2 Å². The van der Waals surface area contributed by atoms with E-state index in [0.717, 1.165) is 30.2 Å². The average molecular weight is 286 g/mol. The third-order valence-corrected chi connectivity index (χ3v) is 4.62. The number of hydrogen-bond acceptors (Lipinski definition) is 3. The van der Waals surface area contributed by atoms with Gasteiger partial charge in [-0.1, -0.05) is 26.2 Å². The molecule has 1 aliphatic rings. The summed E-state index contributed by atoms with van der Waals surface area (Å²) in [6, 6.07) is 8.39. The van der Waals surface area contributed by atoms with Crippen LogP contribution in [0.15, 0.2) is 18.2 Å². The fourth-order valence-corrected chi connectivity index (χ4v) is 3.41. The molecular formula is C18H26N2O. The fourth-order valence-electron chi connectivity index (χ4n) is 3.41. The quantitative estimate of drug-likeness (QED) is 0.859. The van der Waals surface area contributed by atoms with Crippen LogP contribution in [-0.4, -0.2) is 13.2 Å². The maximum absolute atomic E-state index is 9.04. The Kier molecular flexibility index (Phi) is 6.07. The molecule has 21 heavy (non-hydrogen) atoms. The van der Waals surface area contributed by atoms with Crippen LogP contribution in [0.5, 0.6) is 5.75 Å². The summed E-state index contributed by atoms with van der Waals surface area (Å²) in [6.07, 6.45) is 7.99. The van der Waals surface area contributed by atoms with Gasteiger partial charge >= 0.3 is 0 Å². The normalized spacial score (nSPS) is 17.2. The lowest BCUT2D eigenvalue weighted by Crippen LogP contribution is -2.36. The first-order valence-electron chi connectivity index (χ1n) is 8.08. The molecule has 1 aliphatic carbocycles. The minimum atomic E-state index is 0.570. The molecule has 0 saturated heterocycles. The third kappa shape index (κ3) is 4.22. The molecule has 0 amide bonds. The van der Waals surface area contributed by atoms with E-state index < -0.39 is 0 Å². The Morgan fingerprint density at radius 3 is 2.71 bits per heavy atom. The van der Waals surface area contributed by atoms with Crippen LogP contribution in [0, 0.1) is 17.2 Å². The number of nitrogens with zero attached hydrogens (tertiary/aromatic N) is 1. The van der Waals surface area contributed by atoms with Gasteiger partial charge in [0.05, 0.1) is 18.7 Å². The number of hydrogen-bond donors (Lipinski definition) is 1. The van der Waals surface area contributed by atoms with Gasteiger partial charge in [-0.2, -0.15) is 5.26 Å². The van der Waals surface area contributed by atoms with Crippen molar-refractivity contribution in [2.75, 3.05) is 7.11 Å². The predicted molar refractivity (Wildman–Crippen MR) is 85.2 cm³/mol. The minimum Gasteiger partial charge on any atom is -0.496 e. The van der Waals surface area contributed by atoms with Gasteiger partial charge < -0.3 is 10.1 Å². The Bertz CT molecular complexity index is 486. The van der Waals surface area contributed by atoms with Gasteiger partial charge in [0.1, 0.15) is 5.75 Å². The molecule has 0 radical (unpaired) electrons. The van der Waals surface area contributed by atoms with Crippen molar-refractivity contribution in [1.82, 2.24) is 5.32 Å². The minimum absolute atomic E-state index is 0.570. The molecule has 2 rings (SSSR count). The van der Waals surface area contributed by atoms with Crippen LogP contribution < -0.4 is 10.1 Å². The van der Waals surface area contributed by atoms with Crippen LogP contribution in [0.2, 0.25) is 0 Å². The lowest BCUT2D eigenvalue weighted by Gasteiger charge is -2.30. The second kappa shape index (κ2) is 8.05. The summed E-state index contributed by atoms with van der Waals surface area (Å²) in [4.78, 5) is 0. The summed E-state index contributed by atoms with van der Waals surface area (Å²) < 4.78 is 5.41. The first kappa shape index (κ1) is 15.9. The van der Waals surface area contributed by atoms with Crippen molar-refractivity contribution >= 4 is 0 Å². The van der Waals surface area contributed by atoms with Crippen molar-refractivity contribution in [2.24, 2.45) is 5.92 Å². The molecule has 1 unspecified atom stereocenters. The summed E-state index contributed by atoms with van der Waals surface area (Å²) in [5.74, 6) is 1.66. The SMILES string of the molecule is CCC(NCc1cc(C#N)ccc1OC)C1CCCCC1. The summed E-state index contributed by atoms with van der Waals surface area (Å²) in [6.45, 7) is 3.03. The van der Waals surface area contributed by atoms with Crippen molar-refractivity contribution in [3.63, 3.8) is 0 Å². The van der Waals surface area contributed by atoms with Crippen molar-refractivity contribution < 1.29 is 4.74 Å². The number of methoxy groups -OCH3 is 1. The molecule has 1 aromatic carbocycles. The third-order valence-electron chi connectivity index (χ3n) is 4.62. The molecule has 0 spiro atoms. The molecule has 0 heterocycles. The lowest BCUT2D eigenvalue weighted by molar-refractivity contribution is 0.261. The molecule has 1 fully saturated rings. The van der Waals surface area contributed by atoms with E-state index in [2.05, 4.69) is 18.3 Å². The van der Waals surface area contributed by atoms with E-state index in [1.165, 1.54) is 32.1 Å². The van der Waals surface area contributed by atoms with Gasteiger partial charge in [-0.05, 0) is 43.4 Å². The fraction of sp³-hybridized carbons (Fsp3) is 0.611. The van der Waals surface area contributed by atoms with Gasteiger partial charge in [-0.15, -0.1) is 0 Å². The molecule has 1 N–H and O–H groups in total. The number of benzene rings is 1. The molecule has 0 bridgehead atoms. The first-order chi connectivity index (χ1) is 10.3. The molecule has 1 saturated carbocycles. The van der Waals surface area contributed by atoms with Crippen LogP contribution >= 0.6 is 0 Å². The molecule has 1 atom stereocenters. The second-order valence-corrected chi connectivity index (χ2v) is 5.93. The van der Waals surface area contributed by atoms with E-state index >= 15 is 0 Å². The number of ether oxygens (including phenoxy) is 1. The van der Waals surface area contributed by atoms with Gasteiger partial charge in [-0.3, -0.25) is 0 Å². The zero-order valence-electron chi connectivity index (χ0n) is 13.2. The molecular weight excluding hydrogens is 260 g/mol. The topological polar surface area (TPSA) is 45.0 Å². The van der Waals surface area contributed by atoms with Crippen LogP contribution in [-0.2, 0) is 6.54 Å². The summed E-state index contributed by atoms with van der Waals surface area (Å²) in [5, 5.41) is 12.7. The molecule has 0 aromatic heterocycles. The second-order valence-electron chi connectivity index (χ2n) is 5.93. The molecule has 114 valence electrons. The van der Waals surface area contributed by atoms with Crippen molar-refractivity contribution in [3.8, 4) is 11.8 Å². The van der Waals surface area contributed by atoms with Gasteiger partial charge in [-0.25, -0.2) is 0 Å². The highest BCUT2D eigenvalue weighted by molar-refractivity contribution is 5.42. The Morgan fingerprint density at radius 1 is 1.33 bits per heavy atom. The van der Waals surface area contributed by atoms with E-state index in [9.17, 15) is 0 Å². The molecule has 3 heteroatoms. The Balaban J connectivity index is 2.01. The Morgan fingerprint density at radius 2 is 2.10 bits per heavy atom.